The molecule has 2 unspecified atom stereocenters. The lowest BCUT2D eigenvalue weighted by Crippen LogP contribution is -2.75. The Morgan fingerprint density at radius 2 is 1.67 bits per heavy atom. The number of hydrogen-bond acceptors (Lipinski definition) is 6. The molecule has 0 radical (unpaired) electrons. The van der Waals surface area contributed by atoms with Gasteiger partial charge in [-0.3, -0.25) is 24.3 Å². The number of allylic oxidation sites excluding steroid dienone is 2. The van der Waals surface area contributed by atoms with Gasteiger partial charge in [0.25, 0.3) is 5.91 Å². The van der Waals surface area contributed by atoms with Crippen LogP contribution in [0.3, 0.4) is 0 Å². The summed E-state index contributed by atoms with van der Waals surface area (Å²) in [4.78, 5) is 33.4. The molecule has 1 aliphatic carbocycles. The van der Waals surface area contributed by atoms with E-state index in [0.29, 0.717) is 19.3 Å². The summed E-state index contributed by atoms with van der Waals surface area (Å²) < 4.78 is 80.6. The molecule has 1 aromatic heterocycles. The molecule has 3 aliphatic rings. The van der Waals surface area contributed by atoms with Crippen molar-refractivity contribution in [1.82, 2.24) is 25.0 Å². The SMILES string of the molecule is C[C@@H]1CN(C2(N3CCOCC3)C=C(F)C(c3ccccc3)=C(F)C2NC(=O)c2c[nH]c(=O)cc2C(F)(F)F)C[C@H](C)N1C. The number of alkyl halides is 3. The summed E-state index contributed by atoms with van der Waals surface area (Å²) in [6.45, 7) is 5.69. The number of carbonyl (C=O) groups excluding carboxylic acids is 1. The minimum absolute atomic E-state index is 0.0481. The maximum atomic E-state index is 17.0. The van der Waals surface area contributed by atoms with E-state index in [1.165, 1.54) is 18.2 Å². The highest BCUT2D eigenvalue weighted by molar-refractivity contribution is 5.96. The van der Waals surface area contributed by atoms with E-state index < -0.39 is 52.1 Å². The van der Waals surface area contributed by atoms with Crippen molar-refractivity contribution in [3.8, 4) is 0 Å². The lowest BCUT2D eigenvalue weighted by atomic mass is 9.82. The number of pyridine rings is 1. The molecule has 232 valence electrons. The summed E-state index contributed by atoms with van der Waals surface area (Å²) >= 11 is 0. The molecule has 1 amide bonds. The molecule has 5 rings (SSSR count). The van der Waals surface area contributed by atoms with Crippen LogP contribution in [0.25, 0.3) is 5.57 Å². The van der Waals surface area contributed by atoms with E-state index >= 15 is 8.78 Å². The van der Waals surface area contributed by atoms with Gasteiger partial charge in [0.15, 0.2) is 0 Å². The predicted octanol–water partition coefficient (Wildman–Crippen LogP) is 3.79. The van der Waals surface area contributed by atoms with Gasteiger partial charge in [-0.1, -0.05) is 30.3 Å². The second kappa shape index (κ2) is 11.9. The highest BCUT2D eigenvalue weighted by Crippen LogP contribution is 2.45. The number of rotatable bonds is 5. The number of nitrogens with one attached hydrogen (secondary N) is 2. The lowest BCUT2D eigenvalue weighted by Gasteiger charge is -2.58. The number of H-pyrrole nitrogens is 1. The van der Waals surface area contributed by atoms with Gasteiger partial charge in [0.1, 0.15) is 23.4 Å². The Labute approximate surface area is 245 Å². The van der Waals surface area contributed by atoms with Crippen molar-refractivity contribution in [1.29, 1.82) is 0 Å². The molecule has 2 fully saturated rings. The van der Waals surface area contributed by atoms with E-state index in [4.69, 9.17) is 4.74 Å². The zero-order valence-electron chi connectivity index (χ0n) is 24.0. The molecule has 0 bridgehead atoms. The summed E-state index contributed by atoms with van der Waals surface area (Å²) in [6.07, 6.45) is -3.08. The molecule has 2 saturated heterocycles. The molecule has 13 heteroatoms. The smallest absolute Gasteiger partial charge is 0.379 e. The number of aromatic amines is 1. The fraction of sp³-hybridized carbons (Fsp3) is 0.467. The van der Waals surface area contributed by atoms with Crippen LogP contribution in [0, 0.1) is 0 Å². The third-order valence-corrected chi connectivity index (χ3v) is 8.69. The van der Waals surface area contributed by atoms with Gasteiger partial charge in [-0.15, -0.1) is 0 Å². The van der Waals surface area contributed by atoms with Crippen LogP contribution in [0.2, 0.25) is 0 Å². The number of nitrogens with zero attached hydrogens (tertiary/aromatic N) is 3. The minimum atomic E-state index is -5.04. The summed E-state index contributed by atoms with van der Waals surface area (Å²) in [5.74, 6) is -3.14. The number of likely N-dealkylation sites (N-methyl/N-ethyl adjacent to an activating group) is 1. The third kappa shape index (κ3) is 5.78. The van der Waals surface area contributed by atoms with Gasteiger partial charge in [0.05, 0.1) is 29.9 Å². The first-order valence-corrected chi connectivity index (χ1v) is 14.1. The van der Waals surface area contributed by atoms with Gasteiger partial charge in [-0.25, -0.2) is 8.78 Å². The Hall–Kier alpha value is -3.39. The average Bonchev–Trinajstić information content (AvgIpc) is 2.97. The number of aromatic nitrogens is 1. The second-order valence-electron chi connectivity index (χ2n) is 11.3. The van der Waals surface area contributed by atoms with Crippen LogP contribution in [0.15, 0.2) is 65.1 Å². The largest absolute Gasteiger partial charge is 0.417 e. The van der Waals surface area contributed by atoms with Gasteiger partial charge in [-0.05, 0) is 32.5 Å². The van der Waals surface area contributed by atoms with Crippen molar-refractivity contribution < 1.29 is 31.5 Å². The van der Waals surface area contributed by atoms with Crippen LogP contribution < -0.4 is 10.9 Å². The van der Waals surface area contributed by atoms with Crippen LogP contribution >= 0.6 is 0 Å². The summed E-state index contributed by atoms with van der Waals surface area (Å²) in [5.41, 5.74) is -5.20. The van der Waals surface area contributed by atoms with E-state index in [-0.39, 0.29) is 55.6 Å². The maximum Gasteiger partial charge on any atom is 0.417 e. The molecular formula is C30H34F5N5O3. The number of benzene rings is 1. The molecule has 8 nitrogen and oxygen atoms in total. The number of morpholine rings is 1. The summed E-state index contributed by atoms with van der Waals surface area (Å²) in [7, 11) is 1.95. The Bertz CT molecular complexity index is 1460. The maximum absolute atomic E-state index is 17.0. The molecule has 1 aromatic carbocycles. The van der Waals surface area contributed by atoms with Gasteiger partial charge < -0.3 is 15.0 Å². The molecule has 2 aliphatic heterocycles. The van der Waals surface area contributed by atoms with Crippen molar-refractivity contribution in [2.24, 2.45) is 0 Å². The number of amides is 1. The topological polar surface area (TPSA) is 80.9 Å². The van der Waals surface area contributed by atoms with Crippen LogP contribution in [-0.2, 0) is 10.9 Å². The number of ether oxygens (including phenoxy) is 1. The fourth-order valence-corrected chi connectivity index (χ4v) is 6.31. The third-order valence-electron chi connectivity index (χ3n) is 8.69. The molecule has 0 saturated carbocycles. The number of carbonyl (C=O) groups is 1. The van der Waals surface area contributed by atoms with Gasteiger partial charge in [-0.2, -0.15) is 13.2 Å². The molecule has 2 N–H and O–H groups in total. The quantitative estimate of drug-likeness (QED) is 0.504. The first-order valence-electron chi connectivity index (χ1n) is 14.1. The normalized spacial score (nSPS) is 28.1. The Morgan fingerprint density at radius 3 is 2.28 bits per heavy atom. The molecular weight excluding hydrogens is 573 g/mol. The Morgan fingerprint density at radius 1 is 1.05 bits per heavy atom. The average molecular weight is 608 g/mol. The lowest BCUT2D eigenvalue weighted by molar-refractivity contribution is -0.138. The van der Waals surface area contributed by atoms with Crippen LogP contribution in [-0.4, -0.2) is 95.8 Å². The van der Waals surface area contributed by atoms with Crippen molar-refractivity contribution in [2.45, 2.75) is 43.8 Å². The van der Waals surface area contributed by atoms with Crippen molar-refractivity contribution in [3.05, 3.63) is 87.4 Å². The molecule has 2 aromatic rings. The highest BCUT2D eigenvalue weighted by atomic mass is 19.4. The van der Waals surface area contributed by atoms with Crippen molar-refractivity contribution in [2.75, 3.05) is 46.4 Å². The number of hydrogen-bond donors (Lipinski definition) is 2. The van der Waals surface area contributed by atoms with Gasteiger partial charge in [0.2, 0.25) is 5.56 Å². The standard InChI is InChI=1S/C30H34F5N5O3/c1-18-16-40(17-19(2)38(18)3)29(39-9-11-43-12-10-39)14-23(31)25(20-7-5-4-6-8-20)26(32)27(29)37-28(42)21-15-36-24(41)13-22(21)30(33,34)35/h4-8,13-15,18-19,27H,9-12,16-17H2,1-3H3,(H,36,41)(H,37,42)/t18-,19+,27?,29?. The van der Waals surface area contributed by atoms with E-state index in [2.05, 4.69) is 15.2 Å². The Kier molecular flexibility index (Phi) is 8.63. The zero-order chi connectivity index (χ0) is 31.1. The van der Waals surface area contributed by atoms with E-state index in [1.54, 1.807) is 18.2 Å². The monoisotopic (exact) mass is 607 g/mol. The zero-order valence-corrected chi connectivity index (χ0v) is 24.0. The first kappa shape index (κ1) is 31.0. The van der Waals surface area contributed by atoms with Gasteiger partial charge >= 0.3 is 6.18 Å². The highest BCUT2D eigenvalue weighted by Gasteiger charge is 2.55. The van der Waals surface area contributed by atoms with Crippen LogP contribution in [0.5, 0.6) is 0 Å². The second-order valence-corrected chi connectivity index (χ2v) is 11.3. The predicted molar refractivity (Wildman–Crippen MR) is 150 cm³/mol. The van der Waals surface area contributed by atoms with Crippen LogP contribution in [0.4, 0.5) is 22.0 Å². The van der Waals surface area contributed by atoms with E-state index in [0.717, 1.165) is 0 Å². The number of piperazine rings is 1. The first-order chi connectivity index (χ1) is 20.3. The minimum Gasteiger partial charge on any atom is -0.379 e. The van der Waals surface area contributed by atoms with Gasteiger partial charge in [0, 0.05) is 50.5 Å². The molecule has 0 spiro atoms. The Balaban J connectivity index is 1.70. The summed E-state index contributed by atoms with van der Waals surface area (Å²) in [5, 5.41) is 2.52. The number of halogens is 5. The molecule has 3 heterocycles. The summed E-state index contributed by atoms with van der Waals surface area (Å²) in [6, 6.07) is 6.52. The van der Waals surface area contributed by atoms with Crippen LogP contribution in [0.1, 0.15) is 35.3 Å². The molecule has 43 heavy (non-hydrogen) atoms. The van der Waals surface area contributed by atoms with Crippen molar-refractivity contribution >= 4 is 11.5 Å². The van der Waals surface area contributed by atoms with Crippen molar-refractivity contribution in [3.63, 3.8) is 0 Å². The van der Waals surface area contributed by atoms with E-state index in [9.17, 15) is 22.8 Å². The van der Waals surface area contributed by atoms with E-state index in [1.807, 2.05) is 30.7 Å². The fourth-order valence-electron chi connectivity index (χ4n) is 6.31. The molecule has 4 atom stereocenters.